The van der Waals surface area contributed by atoms with Crippen molar-refractivity contribution in [2.75, 3.05) is 0 Å². The normalized spacial score (nSPS) is 10.1. The van der Waals surface area contributed by atoms with Gasteiger partial charge < -0.3 is 5.11 Å². The molecular formula is C20H20N2O2WY-2. The molecule has 1 N–H and O–H groups in total. The van der Waals surface area contributed by atoms with E-state index in [1.165, 1.54) is 0 Å². The number of aromatic hydroxyl groups is 1. The summed E-state index contributed by atoms with van der Waals surface area (Å²) >= 11 is 0. The monoisotopic (exact) mass is 593 g/mol. The zero-order valence-electron chi connectivity index (χ0n) is 15.1. The summed E-state index contributed by atoms with van der Waals surface area (Å²) < 4.78 is 3.15. The van der Waals surface area contributed by atoms with Crippen LogP contribution in [0, 0.1) is 19.1 Å². The Kier molecular flexibility index (Phi) is 8.72. The Labute approximate surface area is 193 Å². The Bertz CT molecular complexity index is 933. The minimum absolute atomic E-state index is 0. The summed E-state index contributed by atoms with van der Waals surface area (Å²) in [6.45, 7) is 6.72. The van der Waals surface area contributed by atoms with E-state index in [-0.39, 0.29) is 65.2 Å². The number of hydrogen-bond acceptors (Lipinski definition) is 2. The Balaban J connectivity index is 0.00000169. The molecule has 133 valence electrons. The molecule has 1 heterocycles. The van der Waals surface area contributed by atoms with Crippen LogP contribution in [0.5, 0.6) is 5.88 Å². The molecule has 0 saturated carbocycles. The molecule has 0 fully saturated rings. The van der Waals surface area contributed by atoms with Gasteiger partial charge in [0.2, 0.25) is 5.56 Å². The molecule has 0 unspecified atom stereocenters. The van der Waals surface area contributed by atoms with Gasteiger partial charge in [-0.05, 0) is 19.4 Å². The number of benzene rings is 2. The largest absolute Gasteiger partial charge is 0.504 e. The van der Waals surface area contributed by atoms with E-state index in [4.69, 9.17) is 0 Å². The maximum absolute atomic E-state index is 12.8. The predicted octanol–water partition coefficient (Wildman–Crippen LogP) is 3.63. The van der Waals surface area contributed by atoms with Crippen molar-refractivity contribution < 1.29 is 58.9 Å². The first-order valence-corrected chi connectivity index (χ1v) is 8.11. The second kappa shape index (κ2) is 9.83. The van der Waals surface area contributed by atoms with Crippen LogP contribution in [-0.4, -0.2) is 14.5 Å². The summed E-state index contributed by atoms with van der Waals surface area (Å²) in [6, 6.07) is 18.1. The van der Waals surface area contributed by atoms with Gasteiger partial charge in [-0.1, -0.05) is 25.1 Å². The van der Waals surface area contributed by atoms with Crippen molar-refractivity contribution in [2.45, 2.75) is 33.9 Å². The van der Waals surface area contributed by atoms with Crippen LogP contribution >= 0.6 is 0 Å². The van der Waals surface area contributed by atoms with E-state index in [9.17, 15) is 9.90 Å². The molecule has 0 aliphatic carbocycles. The molecule has 0 atom stereocenters. The van der Waals surface area contributed by atoms with Gasteiger partial charge in [0.05, 0.1) is 0 Å². The van der Waals surface area contributed by atoms with Gasteiger partial charge in [-0.25, -0.2) is 23.3 Å². The van der Waals surface area contributed by atoms with Crippen LogP contribution in [0.2, 0.25) is 0 Å². The molecule has 3 aromatic rings. The van der Waals surface area contributed by atoms with Gasteiger partial charge in [0.15, 0.2) is 0 Å². The van der Waals surface area contributed by atoms with Gasteiger partial charge in [0.1, 0.15) is 5.88 Å². The third-order valence-electron chi connectivity index (χ3n) is 4.20. The van der Waals surface area contributed by atoms with Gasteiger partial charge in [-0.2, -0.15) is 17.2 Å². The van der Waals surface area contributed by atoms with E-state index in [1.807, 2.05) is 57.2 Å². The maximum Gasteiger partial charge on any atom is 0.211 e. The Morgan fingerprint density at radius 1 is 1.08 bits per heavy atom. The van der Waals surface area contributed by atoms with Gasteiger partial charge in [0, 0.05) is 66.9 Å². The minimum Gasteiger partial charge on any atom is -0.504 e. The Morgan fingerprint density at radius 3 is 2.23 bits per heavy atom. The summed E-state index contributed by atoms with van der Waals surface area (Å²) in [5.74, 6) is -0.00564. The average molecular weight is 593 g/mol. The van der Waals surface area contributed by atoms with Crippen molar-refractivity contribution >= 4 is 0 Å². The maximum atomic E-state index is 12.8. The van der Waals surface area contributed by atoms with Crippen molar-refractivity contribution in [3.05, 3.63) is 64.4 Å². The first-order chi connectivity index (χ1) is 11.6. The van der Waals surface area contributed by atoms with Crippen LogP contribution in [0.15, 0.2) is 41.2 Å². The number of nitrogens with zero attached hydrogens (tertiary/aromatic N) is 2. The molecule has 1 radical (unpaired) electrons. The van der Waals surface area contributed by atoms with Gasteiger partial charge in [-0.15, -0.1) is 12.1 Å². The molecule has 26 heavy (non-hydrogen) atoms. The van der Waals surface area contributed by atoms with Crippen LogP contribution in [0.4, 0.5) is 0 Å². The van der Waals surface area contributed by atoms with Crippen molar-refractivity contribution in [2.24, 2.45) is 0 Å². The fraction of sp³-hybridized carbons (Fsp3) is 0.250. The van der Waals surface area contributed by atoms with Crippen LogP contribution in [0.25, 0.3) is 22.3 Å². The quantitative estimate of drug-likeness (QED) is 0.471. The third-order valence-corrected chi connectivity index (χ3v) is 4.20. The summed E-state index contributed by atoms with van der Waals surface area (Å²) in [5.41, 5.74) is 3.36. The molecule has 2 aromatic carbocycles. The average Bonchev–Trinajstić information content (AvgIpc) is 2.85. The second-order valence-electron chi connectivity index (χ2n) is 5.65. The van der Waals surface area contributed by atoms with E-state index in [2.05, 4.69) is 12.1 Å². The standard InChI is InChI=1S/C20H20N2O2.W.Y/c1-4-21-19(23)18(20(24)22(21)5-2)17-13-16(12-11-14(17)3)15-9-7-6-8-10-15;;/h6-11,23H,4-5H2,1-3H3;;/q-2;;. The molecule has 0 aliphatic rings. The number of rotatable bonds is 4. The summed E-state index contributed by atoms with van der Waals surface area (Å²) in [5, 5.41) is 10.6. The van der Waals surface area contributed by atoms with Crippen LogP contribution in [-0.2, 0) is 66.9 Å². The number of hydrogen-bond donors (Lipinski definition) is 1. The van der Waals surface area contributed by atoms with Crippen molar-refractivity contribution in [3.8, 4) is 28.1 Å². The molecule has 1 aromatic heterocycles. The molecule has 6 heteroatoms. The van der Waals surface area contributed by atoms with Gasteiger partial charge in [-0.3, -0.25) is 14.2 Å². The molecule has 0 bridgehead atoms. The molecule has 0 saturated heterocycles. The zero-order chi connectivity index (χ0) is 17.3. The summed E-state index contributed by atoms with van der Waals surface area (Å²) in [4.78, 5) is 12.8. The molecule has 0 aliphatic heterocycles. The third kappa shape index (κ3) is 4.13. The molecule has 3 rings (SSSR count). The number of aryl methyl sites for hydroxylation is 1. The molecule has 4 nitrogen and oxygen atoms in total. The van der Waals surface area contributed by atoms with Crippen LogP contribution in [0.3, 0.4) is 0 Å². The fourth-order valence-corrected chi connectivity index (χ4v) is 2.96. The van der Waals surface area contributed by atoms with E-state index in [1.54, 1.807) is 9.36 Å². The van der Waals surface area contributed by atoms with Crippen LogP contribution < -0.4 is 5.56 Å². The molecule has 0 spiro atoms. The van der Waals surface area contributed by atoms with Crippen molar-refractivity contribution in [1.29, 1.82) is 0 Å². The van der Waals surface area contributed by atoms with Crippen LogP contribution in [0.1, 0.15) is 19.4 Å². The van der Waals surface area contributed by atoms with Crippen molar-refractivity contribution in [1.82, 2.24) is 9.36 Å². The second-order valence-corrected chi connectivity index (χ2v) is 5.65. The summed E-state index contributed by atoms with van der Waals surface area (Å²) in [7, 11) is 0. The first-order valence-electron chi connectivity index (χ1n) is 8.11. The smallest absolute Gasteiger partial charge is 0.211 e. The minimum atomic E-state index is -0.193. The zero-order valence-corrected chi connectivity index (χ0v) is 20.9. The summed E-state index contributed by atoms with van der Waals surface area (Å²) in [6.07, 6.45) is 0. The number of aromatic nitrogens is 2. The predicted molar refractivity (Wildman–Crippen MR) is 95.0 cm³/mol. The Hall–Kier alpha value is -0.958. The molecular weight excluding hydrogens is 573 g/mol. The molecule has 0 amide bonds. The Morgan fingerprint density at radius 2 is 1.69 bits per heavy atom. The van der Waals surface area contributed by atoms with E-state index >= 15 is 0 Å². The topological polar surface area (TPSA) is 47.2 Å². The fourth-order valence-electron chi connectivity index (χ4n) is 2.96. The SMILES string of the molecule is CCn1c(O)c(-c2[c-]c(-c3ccccc3)[c-]cc2C)c(=O)n1CC.[W].[Y]. The van der Waals surface area contributed by atoms with E-state index in [0.717, 1.165) is 16.7 Å². The van der Waals surface area contributed by atoms with E-state index in [0.29, 0.717) is 24.2 Å². The van der Waals surface area contributed by atoms with Crippen molar-refractivity contribution in [3.63, 3.8) is 0 Å². The first kappa shape index (κ1) is 23.1. The van der Waals surface area contributed by atoms with Gasteiger partial charge >= 0.3 is 0 Å². The van der Waals surface area contributed by atoms with Gasteiger partial charge in [0.25, 0.3) is 0 Å². The van der Waals surface area contributed by atoms with E-state index < -0.39 is 0 Å².